The Hall–Kier alpha value is -3.29. The smallest absolute Gasteiger partial charge is 0.272 e. The Morgan fingerprint density at radius 1 is 1.19 bits per heavy atom. The first-order valence-electron chi connectivity index (χ1n) is 8.44. The molecule has 3 aromatic rings. The maximum absolute atomic E-state index is 12.6. The van der Waals surface area contributed by atoms with Crippen LogP contribution in [0.4, 0.5) is 0 Å². The molecule has 0 radical (unpaired) electrons. The molecule has 1 N–H and O–H groups in total. The van der Waals surface area contributed by atoms with Crippen LogP contribution >= 0.6 is 0 Å². The second-order valence-electron chi connectivity index (χ2n) is 6.19. The van der Waals surface area contributed by atoms with Gasteiger partial charge in [0.1, 0.15) is 11.3 Å². The van der Waals surface area contributed by atoms with Gasteiger partial charge in [0.2, 0.25) is 0 Å². The highest BCUT2D eigenvalue weighted by molar-refractivity contribution is 5.99. The fourth-order valence-corrected chi connectivity index (χ4v) is 3.35. The molecule has 4 rings (SSSR count). The lowest BCUT2D eigenvalue weighted by Crippen LogP contribution is -2.29. The van der Waals surface area contributed by atoms with Gasteiger partial charge in [0.15, 0.2) is 5.65 Å². The Balaban J connectivity index is 1.60. The van der Waals surface area contributed by atoms with E-state index < -0.39 is 0 Å². The zero-order chi connectivity index (χ0) is 18.1. The van der Waals surface area contributed by atoms with Crippen LogP contribution in [0.15, 0.2) is 42.9 Å². The van der Waals surface area contributed by atoms with Gasteiger partial charge in [-0.3, -0.25) is 14.6 Å². The van der Waals surface area contributed by atoms with E-state index in [4.69, 9.17) is 0 Å². The summed E-state index contributed by atoms with van der Waals surface area (Å²) in [5.74, 6) is -0.154. The molecule has 3 aromatic heterocycles. The largest absolute Gasteiger partial charge is 0.355 e. The SMILES string of the molecule is CNC(=O)c1cnn2c([C@H]3CCN(C(=O)c4ccccn4)C3)ccnc12. The number of likely N-dealkylation sites (tertiary alicyclic amines) is 1. The summed E-state index contributed by atoms with van der Waals surface area (Å²) in [6.45, 7) is 1.25. The number of hydrogen-bond donors (Lipinski definition) is 1. The fourth-order valence-electron chi connectivity index (χ4n) is 3.35. The molecule has 0 saturated carbocycles. The van der Waals surface area contributed by atoms with Gasteiger partial charge >= 0.3 is 0 Å². The van der Waals surface area contributed by atoms with E-state index in [1.807, 2.05) is 17.0 Å². The minimum atomic E-state index is -0.219. The van der Waals surface area contributed by atoms with E-state index in [0.29, 0.717) is 30.0 Å². The van der Waals surface area contributed by atoms with E-state index in [0.717, 1.165) is 12.1 Å². The molecule has 0 aliphatic carbocycles. The van der Waals surface area contributed by atoms with Crippen molar-refractivity contribution < 1.29 is 9.59 Å². The van der Waals surface area contributed by atoms with Gasteiger partial charge in [0.05, 0.1) is 11.9 Å². The van der Waals surface area contributed by atoms with Crippen molar-refractivity contribution >= 4 is 17.5 Å². The standard InChI is InChI=1S/C18H18N6O2/c1-19-17(25)13-10-22-24-15(5-8-21-16(13)24)12-6-9-23(11-12)18(26)14-4-2-3-7-20-14/h2-5,7-8,10,12H,6,9,11H2,1H3,(H,19,25)/t12-/m0/s1. The molecule has 4 heterocycles. The first kappa shape index (κ1) is 16.2. The summed E-state index contributed by atoms with van der Waals surface area (Å²) in [5.41, 5.74) is 2.36. The first-order chi connectivity index (χ1) is 12.7. The molecule has 132 valence electrons. The minimum Gasteiger partial charge on any atom is -0.355 e. The summed E-state index contributed by atoms with van der Waals surface area (Å²) < 4.78 is 1.70. The number of fused-ring (bicyclic) bond motifs is 1. The topological polar surface area (TPSA) is 92.5 Å². The second-order valence-corrected chi connectivity index (χ2v) is 6.19. The molecule has 8 heteroatoms. The third kappa shape index (κ3) is 2.69. The van der Waals surface area contributed by atoms with E-state index >= 15 is 0 Å². The van der Waals surface area contributed by atoms with Crippen LogP contribution in [0.2, 0.25) is 0 Å². The normalized spacial score (nSPS) is 16.8. The van der Waals surface area contributed by atoms with Crippen LogP contribution in [0.25, 0.3) is 5.65 Å². The van der Waals surface area contributed by atoms with Gasteiger partial charge in [-0.2, -0.15) is 5.10 Å². The lowest BCUT2D eigenvalue weighted by Gasteiger charge is -2.16. The number of hydrogen-bond acceptors (Lipinski definition) is 5. The monoisotopic (exact) mass is 350 g/mol. The summed E-state index contributed by atoms with van der Waals surface area (Å²) >= 11 is 0. The predicted molar refractivity (Wildman–Crippen MR) is 93.9 cm³/mol. The first-order valence-corrected chi connectivity index (χ1v) is 8.44. The van der Waals surface area contributed by atoms with Gasteiger partial charge in [-0.25, -0.2) is 9.50 Å². The summed E-state index contributed by atoms with van der Waals surface area (Å²) in [6, 6.07) is 7.22. The number of pyridine rings is 1. The second kappa shape index (κ2) is 6.55. The maximum atomic E-state index is 12.6. The molecule has 1 fully saturated rings. The zero-order valence-electron chi connectivity index (χ0n) is 14.3. The molecule has 0 aromatic carbocycles. The Kier molecular flexibility index (Phi) is 4.08. The van der Waals surface area contributed by atoms with Crippen LogP contribution in [-0.2, 0) is 0 Å². The molecule has 2 amide bonds. The van der Waals surface area contributed by atoms with Crippen LogP contribution in [0.1, 0.15) is 38.9 Å². The quantitative estimate of drug-likeness (QED) is 0.764. The van der Waals surface area contributed by atoms with Gasteiger partial charge in [-0.15, -0.1) is 0 Å². The molecule has 8 nitrogen and oxygen atoms in total. The third-order valence-electron chi connectivity index (χ3n) is 4.68. The number of nitrogens with zero attached hydrogens (tertiary/aromatic N) is 5. The van der Waals surface area contributed by atoms with E-state index in [-0.39, 0.29) is 17.7 Å². The highest BCUT2D eigenvalue weighted by Gasteiger charge is 2.30. The van der Waals surface area contributed by atoms with Crippen LogP contribution < -0.4 is 5.32 Å². The van der Waals surface area contributed by atoms with Gasteiger partial charge in [-0.1, -0.05) is 6.07 Å². The van der Waals surface area contributed by atoms with Crippen molar-refractivity contribution in [2.75, 3.05) is 20.1 Å². The summed E-state index contributed by atoms with van der Waals surface area (Å²) in [7, 11) is 1.58. The zero-order valence-corrected chi connectivity index (χ0v) is 14.3. The van der Waals surface area contributed by atoms with Gasteiger partial charge in [-0.05, 0) is 24.6 Å². The van der Waals surface area contributed by atoms with Crippen molar-refractivity contribution in [3.05, 3.63) is 59.8 Å². The summed E-state index contributed by atoms with van der Waals surface area (Å²) in [4.78, 5) is 34.8. The lowest BCUT2D eigenvalue weighted by molar-refractivity contribution is 0.0784. The Morgan fingerprint density at radius 3 is 2.85 bits per heavy atom. The number of amides is 2. The average molecular weight is 350 g/mol. The summed E-state index contributed by atoms with van der Waals surface area (Å²) in [5, 5.41) is 6.93. The minimum absolute atomic E-state index is 0.0649. The number of aromatic nitrogens is 4. The molecule has 0 unspecified atom stereocenters. The number of rotatable bonds is 3. The molecule has 1 saturated heterocycles. The van der Waals surface area contributed by atoms with E-state index in [2.05, 4.69) is 20.4 Å². The third-order valence-corrected chi connectivity index (χ3v) is 4.68. The van der Waals surface area contributed by atoms with Crippen LogP contribution in [0, 0.1) is 0 Å². The lowest BCUT2D eigenvalue weighted by atomic mass is 10.0. The maximum Gasteiger partial charge on any atom is 0.272 e. The van der Waals surface area contributed by atoms with Crippen molar-refractivity contribution in [2.45, 2.75) is 12.3 Å². The molecule has 1 aliphatic heterocycles. The molecular formula is C18H18N6O2. The predicted octanol–water partition coefficient (Wildman–Crippen LogP) is 1.11. The number of nitrogens with one attached hydrogen (secondary N) is 1. The van der Waals surface area contributed by atoms with Crippen molar-refractivity contribution in [2.24, 2.45) is 0 Å². The van der Waals surface area contributed by atoms with Gasteiger partial charge in [0, 0.05) is 38.4 Å². The van der Waals surface area contributed by atoms with Crippen molar-refractivity contribution in [3.63, 3.8) is 0 Å². The molecule has 1 atom stereocenters. The van der Waals surface area contributed by atoms with Crippen LogP contribution in [0.5, 0.6) is 0 Å². The molecule has 0 bridgehead atoms. The van der Waals surface area contributed by atoms with Gasteiger partial charge in [0.25, 0.3) is 11.8 Å². The highest BCUT2D eigenvalue weighted by Crippen LogP contribution is 2.28. The van der Waals surface area contributed by atoms with Crippen molar-refractivity contribution in [1.29, 1.82) is 0 Å². The molecular weight excluding hydrogens is 332 g/mol. The number of carbonyl (C=O) groups excluding carboxylic acids is 2. The average Bonchev–Trinajstić information content (AvgIpc) is 3.34. The Morgan fingerprint density at radius 2 is 2.08 bits per heavy atom. The van der Waals surface area contributed by atoms with Crippen LogP contribution in [-0.4, -0.2) is 56.4 Å². The molecule has 26 heavy (non-hydrogen) atoms. The van der Waals surface area contributed by atoms with Crippen LogP contribution in [0.3, 0.4) is 0 Å². The van der Waals surface area contributed by atoms with Crippen molar-refractivity contribution in [1.82, 2.24) is 29.8 Å². The highest BCUT2D eigenvalue weighted by atomic mass is 16.2. The van der Waals surface area contributed by atoms with E-state index in [1.54, 1.807) is 36.1 Å². The van der Waals surface area contributed by atoms with E-state index in [9.17, 15) is 9.59 Å². The molecule has 0 spiro atoms. The Bertz CT molecular complexity index is 968. The van der Waals surface area contributed by atoms with E-state index in [1.165, 1.54) is 6.20 Å². The summed E-state index contributed by atoms with van der Waals surface area (Å²) in [6.07, 6.45) is 5.66. The Labute approximate surface area is 149 Å². The van der Waals surface area contributed by atoms with Gasteiger partial charge < -0.3 is 10.2 Å². The fraction of sp³-hybridized carbons (Fsp3) is 0.278. The number of carbonyl (C=O) groups is 2. The van der Waals surface area contributed by atoms with Crippen molar-refractivity contribution in [3.8, 4) is 0 Å². The molecule has 1 aliphatic rings.